The second-order valence-corrected chi connectivity index (χ2v) is 10.5. The molecule has 3 atom stereocenters. The molecule has 3 heterocycles. The molecule has 0 bridgehead atoms. The first-order chi connectivity index (χ1) is 18.0. The summed E-state index contributed by atoms with van der Waals surface area (Å²) in [6.45, 7) is 4.41. The maximum Gasteiger partial charge on any atom is 0.246 e. The van der Waals surface area contributed by atoms with E-state index in [0.717, 1.165) is 60.9 Å². The number of likely N-dealkylation sites (N-methyl/N-ethyl adjacent to an activating group) is 1. The van der Waals surface area contributed by atoms with Crippen LogP contribution in [0.1, 0.15) is 69.4 Å². The highest BCUT2D eigenvalue weighted by Gasteiger charge is 2.39. The summed E-state index contributed by atoms with van der Waals surface area (Å²) in [5, 5.41) is 7.27. The van der Waals surface area contributed by atoms with Crippen LogP contribution in [0.25, 0.3) is 16.7 Å². The van der Waals surface area contributed by atoms with Gasteiger partial charge in [-0.3, -0.25) is 9.59 Å². The molecular weight excluding hydrogens is 464 g/mol. The van der Waals surface area contributed by atoms with Crippen molar-refractivity contribution in [2.45, 2.75) is 76.9 Å². The average Bonchev–Trinajstić information content (AvgIpc) is 3.59. The Bertz CT molecular complexity index is 1260. The van der Waals surface area contributed by atoms with Crippen molar-refractivity contribution in [2.75, 3.05) is 13.6 Å². The highest BCUT2D eigenvalue weighted by Crippen LogP contribution is 2.35. The van der Waals surface area contributed by atoms with Crippen molar-refractivity contribution in [1.29, 1.82) is 0 Å². The first-order valence-electron chi connectivity index (χ1n) is 13.7. The zero-order valence-electron chi connectivity index (χ0n) is 22.1. The minimum absolute atomic E-state index is 0.0234. The Hall–Kier alpha value is -3.26. The van der Waals surface area contributed by atoms with Crippen LogP contribution in [-0.4, -0.2) is 56.9 Å². The molecule has 5 rings (SSSR count). The number of carbonyl (C=O) groups is 2. The first kappa shape index (κ1) is 25.4. The number of nitrogens with one attached hydrogen (secondary N) is 2. The minimum atomic E-state index is -0.500. The van der Waals surface area contributed by atoms with E-state index in [2.05, 4.69) is 33.4 Å². The van der Waals surface area contributed by atoms with Crippen molar-refractivity contribution in [3.8, 4) is 5.82 Å². The van der Waals surface area contributed by atoms with Crippen molar-refractivity contribution >= 4 is 22.7 Å². The van der Waals surface area contributed by atoms with Crippen LogP contribution >= 0.6 is 0 Å². The van der Waals surface area contributed by atoms with Crippen molar-refractivity contribution in [1.82, 2.24) is 30.1 Å². The van der Waals surface area contributed by atoms with Gasteiger partial charge in [0.05, 0.1) is 23.3 Å². The summed E-state index contributed by atoms with van der Waals surface area (Å²) >= 11 is 0. The molecule has 2 N–H and O–H groups in total. The number of hydrogen-bond donors (Lipinski definition) is 2. The topological polar surface area (TPSA) is 92.2 Å². The van der Waals surface area contributed by atoms with Crippen LogP contribution in [0.4, 0.5) is 0 Å². The molecule has 8 heteroatoms. The molecule has 2 fully saturated rings. The molecule has 1 saturated heterocycles. The smallest absolute Gasteiger partial charge is 0.246 e. The molecular formula is C29H38N6O2. The van der Waals surface area contributed by atoms with E-state index < -0.39 is 6.04 Å². The largest absolute Gasteiger partial charge is 0.343 e. The normalized spacial score (nSPS) is 20.2. The number of fused-ring (bicyclic) bond motifs is 1. The number of carbonyl (C=O) groups excluding carboxylic acids is 2. The van der Waals surface area contributed by atoms with E-state index in [1.807, 2.05) is 43.1 Å². The van der Waals surface area contributed by atoms with Crippen LogP contribution < -0.4 is 10.6 Å². The Morgan fingerprint density at radius 3 is 2.59 bits per heavy atom. The fraction of sp³-hybridized carbons (Fsp3) is 0.517. The number of rotatable bonds is 7. The van der Waals surface area contributed by atoms with E-state index in [4.69, 9.17) is 9.97 Å². The van der Waals surface area contributed by atoms with Gasteiger partial charge in [-0.15, -0.1) is 0 Å². The fourth-order valence-electron chi connectivity index (χ4n) is 5.93. The summed E-state index contributed by atoms with van der Waals surface area (Å²) in [4.78, 5) is 38.4. The predicted octanol–water partition coefficient (Wildman–Crippen LogP) is 4.07. The standard InChI is InChI=1S/C29H38N6O2/c1-19(30-3)28(36)33-27(22-11-5-4-6-12-22)29(37)35-16-9-14-25(35)23-18-26(32-20(2)31-23)34-17-15-21-10-7-8-13-24(21)34/h7-8,10,13,15,17-19,22,25,27,30H,4-6,9,11-12,14,16H2,1-3H3,(H,33,36)/t19?,25-,27-/m0/s1. The Balaban J connectivity index is 1.44. The summed E-state index contributed by atoms with van der Waals surface area (Å²) in [6, 6.07) is 11.4. The van der Waals surface area contributed by atoms with E-state index >= 15 is 0 Å². The van der Waals surface area contributed by atoms with E-state index in [1.54, 1.807) is 7.05 Å². The SMILES string of the molecule is CNC(C)C(=O)N[C@H](C(=O)N1CCC[C@H]1c1cc(-n2ccc3ccccc32)nc(C)n1)C1CCCCC1. The van der Waals surface area contributed by atoms with Gasteiger partial charge in [-0.2, -0.15) is 0 Å². The number of hydrogen-bond acceptors (Lipinski definition) is 5. The molecule has 1 unspecified atom stereocenters. The zero-order chi connectivity index (χ0) is 25.9. The van der Waals surface area contributed by atoms with Gasteiger partial charge in [0.1, 0.15) is 17.7 Å². The van der Waals surface area contributed by atoms with Gasteiger partial charge in [0.25, 0.3) is 0 Å². The maximum atomic E-state index is 14.1. The third-order valence-electron chi connectivity index (χ3n) is 8.08. The number of para-hydroxylation sites is 1. The molecule has 0 spiro atoms. The van der Waals surface area contributed by atoms with Gasteiger partial charge in [0, 0.05) is 18.8 Å². The van der Waals surface area contributed by atoms with Crippen molar-refractivity contribution in [3.05, 3.63) is 54.1 Å². The van der Waals surface area contributed by atoms with Gasteiger partial charge in [0.2, 0.25) is 11.8 Å². The van der Waals surface area contributed by atoms with Crippen LogP contribution in [0.3, 0.4) is 0 Å². The Morgan fingerprint density at radius 1 is 1.03 bits per heavy atom. The fourth-order valence-corrected chi connectivity index (χ4v) is 5.93. The summed E-state index contributed by atoms with van der Waals surface area (Å²) in [6.07, 6.45) is 9.16. The molecule has 0 radical (unpaired) electrons. The predicted molar refractivity (Wildman–Crippen MR) is 144 cm³/mol. The van der Waals surface area contributed by atoms with Gasteiger partial charge in [-0.1, -0.05) is 37.5 Å². The van der Waals surface area contributed by atoms with Gasteiger partial charge in [0.15, 0.2) is 0 Å². The van der Waals surface area contributed by atoms with Gasteiger partial charge in [-0.05, 0) is 70.0 Å². The van der Waals surface area contributed by atoms with Crippen molar-refractivity contribution < 1.29 is 9.59 Å². The second kappa shape index (κ2) is 11.0. The summed E-state index contributed by atoms with van der Waals surface area (Å²) in [7, 11) is 1.77. The van der Waals surface area contributed by atoms with Crippen LogP contribution in [0.5, 0.6) is 0 Å². The molecule has 37 heavy (non-hydrogen) atoms. The molecule has 2 aromatic heterocycles. The van der Waals surface area contributed by atoms with Crippen LogP contribution in [0.2, 0.25) is 0 Å². The van der Waals surface area contributed by atoms with Gasteiger partial charge >= 0.3 is 0 Å². The lowest BCUT2D eigenvalue weighted by atomic mass is 9.83. The van der Waals surface area contributed by atoms with Gasteiger partial charge in [-0.25, -0.2) is 9.97 Å². The summed E-state index contributed by atoms with van der Waals surface area (Å²) in [5.74, 6) is 1.56. The van der Waals surface area contributed by atoms with Crippen LogP contribution in [0, 0.1) is 12.8 Å². The second-order valence-electron chi connectivity index (χ2n) is 10.5. The maximum absolute atomic E-state index is 14.1. The zero-order valence-corrected chi connectivity index (χ0v) is 22.1. The lowest BCUT2D eigenvalue weighted by Gasteiger charge is -2.35. The van der Waals surface area contributed by atoms with E-state index in [9.17, 15) is 9.59 Å². The Kier molecular flexibility index (Phi) is 7.55. The Labute approximate surface area is 218 Å². The highest BCUT2D eigenvalue weighted by molar-refractivity contribution is 5.90. The number of benzene rings is 1. The summed E-state index contributed by atoms with van der Waals surface area (Å²) < 4.78 is 2.08. The van der Waals surface area contributed by atoms with E-state index in [0.29, 0.717) is 12.4 Å². The Morgan fingerprint density at radius 2 is 1.81 bits per heavy atom. The van der Waals surface area contributed by atoms with E-state index in [-0.39, 0.29) is 29.8 Å². The molecule has 3 aromatic rings. The number of aromatic nitrogens is 3. The van der Waals surface area contributed by atoms with Gasteiger partial charge < -0.3 is 20.1 Å². The molecule has 2 amide bonds. The molecule has 1 aliphatic heterocycles. The molecule has 1 saturated carbocycles. The lowest BCUT2D eigenvalue weighted by molar-refractivity contribution is -0.139. The summed E-state index contributed by atoms with van der Waals surface area (Å²) in [5.41, 5.74) is 1.95. The van der Waals surface area contributed by atoms with Crippen LogP contribution in [-0.2, 0) is 9.59 Å². The molecule has 1 aromatic carbocycles. The number of likely N-dealkylation sites (tertiary alicyclic amines) is 1. The number of nitrogens with zero attached hydrogens (tertiary/aromatic N) is 4. The molecule has 196 valence electrons. The third kappa shape index (κ3) is 5.25. The number of amides is 2. The molecule has 1 aliphatic carbocycles. The molecule has 2 aliphatic rings. The first-order valence-corrected chi connectivity index (χ1v) is 13.7. The lowest BCUT2D eigenvalue weighted by Crippen LogP contribution is -2.55. The quantitative estimate of drug-likeness (QED) is 0.508. The van der Waals surface area contributed by atoms with E-state index in [1.165, 1.54) is 6.42 Å². The minimum Gasteiger partial charge on any atom is -0.343 e. The van der Waals surface area contributed by atoms with Crippen molar-refractivity contribution in [3.63, 3.8) is 0 Å². The van der Waals surface area contributed by atoms with Crippen LogP contribution in [0.15, 0.2) is 42.6 Å². The number of aryl methyl sites for hydroxylation is 1. The monoisotopic (exact) mass is 502 g/mol. The molecule has 8 nitrogen and oxygen atoms in total. The average molecular weight is 503 g/mol. The highest BCUT2D eigenvalue weighted by atomic mass is 16.2. The van der Waals surface area contributed by atoms with Crippen molar-refractivity contribution in [2.24, 2.45) is 5.92 Å². The third-order valence-corrected chi connectivity index (χ3v) is 8.08.